The van der Waals surface area contributed by atoms with Gasteiger partial charge < -0.3 is 14.6 Å². The van der Waals surface area contributed by atoms with Crippen LogP contribution in [-0.2, 0) is 11.2 Å². The number of hydrogen-bond acceptors (Lipinski definition) is 5. The maximum atomic E-state index is 5.68. The Morgan fingerprint density at radius 3 is 2.60 bits per heavy atom. The van der Waals surface area contributed by atoms with Gasteiger partial charge in [-0.1, -0.05) is 32.3 Å². The molecule has 20 heavy (non-hydrogen) atoms. The number of aromatic nitrogens is 2. The summed E-state index contributed by atoms with van der Waals surface area (Å²) in [6, 6.07) is 0.403. The van der Waals surface area contributed by atoms with Crippen molar-refractivity contribution in [1.29, 1.82) is 0 Å². The maximum absolute atomic E-state index is 5.68. The van der Waals surface area contributed by atoms with E-state index >= 15 is 0 Å². The highest BCUT2D eigenvalue weighted by atomic mass is 16.5. The molecule has 0 aromatic carbocycles. The quantitative estimate of drug-likeness (QED) is 0.675. The van der Waals surface area contributed by atoms with Crippen LogP contribution in [0.1, 0.15) is 71.2 Å². The van der Waals surface area contributed by atoms with Crippen molar-refractivity contribution >= 4 is 0 Å². The van der Waals surface area contributed by atoms with E-state index in [9.17, 15) is 0 Å². The van der Waals surface area contributed by atoms with E-state index in [0.29, 0.717) is 24.4 Å². The Bertz CT molecular complexity index is 349. The maximum Gasteiger partial charge on any atom is 0.228 e. The van der Waals surface area contributed by atoms with Gasteiger partial charge in [0.1, 0.15) is 6.10 Å². The van der Waals surface area contributed by atoms with Crippen molar-refractivity contribution in [2.75, 3.05) is 13.2 Å². The van der Waals surface area contributed by atoms with E-state index in [1.54, 1.807) is 0 Å². The molecule has 1 heterocycles. The van der Waals surface area contributed by atoms with Crippen LogP contribution < -0.4 is 5.32 Å². The summed E-state index contributed by atoms with van der Waals surface area (Å²) in [4.78, 5) is 4.50. The minimum Gasteiger partial charge on any atom is -0.370 e. The molecule has 116 valence electrons. The summed E-state index contributed by atoms with van der Waals surface area (Å²) in [5.74, 6) is 1.39. The van der Waals surface area contributed by atoms with Gasteiger partial charge in [-0.15, -0.1) is 0 Å². The van der Waals surface area contributed by atoms with Crippen molar-refractivity contribution < 1.29 is 9.26 Å². The van der Waals surface area contributed by atoms with Crippen molar-refractivity contribution in [3.63, 3.8) is 0 Å². The molecule has 0 saturated carbocycles. The number of nitrogens with one attached hydrogen (secondary N) is 1. The van der Waals surface area contributed by atoms with E-state index in [2.05, 4.69) is 36.2 Å². The fourth-order valence-electron chi connectivity index (χ4n) is 2.15. The smallest absolute Gasteiger partial charge is 0.228 e. The highest BCUT2D eigenvalue weighted by Crippen LogP contribution is 2.20. The van der Waals surface area contributed by atoms with Crippen LogP contribution in [0, 0.1) is 0 Å². The molecule has 1 rings (SSSR count). The van der Waals surface area contributed by atoms with Gasteiger partial charge in [-0.3, -0.25) is 0 Å². The van der Waals surface area contributed by atoms with Gasteiger partial charge in [-0.25, -0.2) is 0 Å². The molecule has 0 aliphatic heterocycles. The number of ether oxygens (including phenoxy) is 1. The summed E-state index contributed by atoms with van der Waals surface area (Å²) < 4.78 is 11.0. The molecule has 0 amide bonds. The zero-order chi connectivity index (χ0) is 14.8. The van der Waals surface area contributed by atoms with Gasteiger partial charge in [0, 0.05) is 19.1 Å². The average Bonchev–Trinajstić information content (AvgIpc) is 2.91. The molecular weight excluding hydrogens is 254 g/mol. The molecule has 0 bridgehead atoms. The lowest BCUT2D eigenvalue weighted by Crippen LogP contribution is -2.31. The average molecular weight is 283 g/mol. The van der Waals surface area contributed by atoms with Gasteiger partial charge in [0.15, 0.2) is 0 Å². The van der Waals surface area contributed by atoms with Crippen LogP contribution in [0.4, 0.5) is 0 Å². The lowest BCUT2D eigenvalue weighted by molar-refractivity contribution is 0.0477. The Labute approximate surface area is 122 Å². The van der Waals surface area contributed by atoms with Crippen molar-refractivity contribution in [2.45, 2.75) is 71.9 Å². The standard InChI is InChI=1S/C15H29N3O2/c1-5-9-13(19-8-4)15-17-14(20-18-15)11-12(7-3)16-10-6-2/h12-13,16H,5-11H2,1-4H3. The summed E-state index contributed by atoms with van der Waals surface area (Å²) >= 11 is 0. The SMILES string of the molecule is CCCNC(CC)Cc1nc(C(CCC)OCC)no1. The molecule has 2 atom stereocenters. The van der Waals surface area contributed by atoms with Crippen molar-refractivity contribution in [3.8, 4) is 0 Å². The predicted molar refractivity (Wildman–Crippen MR) is 79.6 cm³/mol. The first-order chi connectivity index (χ1) is 9.74. The summed E-state index contributed by atoms with van der Waals surface area (Å²) in [5, 5.41) is 7.58. The molecule has 0 aliphatic carbocycles. The molecule has 2 unspecified atom stereocenters. The molecule has 1 aromatic heterocycles. The Morgan fingerprint density at radius 2 is 2.00 bits per heavy atom. The van der Waals surface area contributed by atoms with Crippen LogP contribution in [0.15, 0.2) is 4.52 Å². The van der Waals surface area contributed by atoms with Gasteiger partial charge in [0.05, 0.1) is 0 Å². The van der Waals surface area contributed by atoms with Crippen molar-refractivity contribution in [1.82, 2.24) is 15.5 Å². The first-order valence-corrected chi connectivity index (χ1v) is 7.92. The van der Waals surface area contributed by atoms with E-state index < -0.39 is 0 Å². The molecule has 5 nitrogen and oxygen atoms in total. The van der Waals surface area contributed by atoms with Crippen LogP contribution in [0.5, 0.6) is 0 Å². The summed E-state index contributed by atoms with van der Waals surface area (Å²) in [6.07, 6.45) is 4.92. The highest BCUT2D eigenvalue weighted by Gasteiger charge is 2.19. The number of nitrogens with zero attached hydrogens (tertiary/aromatic N) is 2. The van der Waals surface area contributed by atoms with Gasteiger partial charge in [0.25, 0.3) is 0 Å². The number of rotatable bonds is 11. The molecule has 0 aliphatic rings. The monoisotopic (exact) mass is 283 g/mol. The Balaban J connectivity index is 2.60. The molecule has 1 aromatic rings. The van der Waals surface area contributed by atoms with Crippen LogP contribution >= 0.6 is 0 Å². The van der Waals surface area contributed by atoms with Crippen molar-refractivity contribution in [3.05, 3.63) is 11.7 Å². The Kier molecular flexibility index (Phi) is 8.46. The second-order valence-corrected chi connectivity index (χ2v) is 5.04. The van der Waals surface area contributed by atoms with Crippen LogP contribution in [0.3, 0.4) is 0 Å². The fourth-order valence-corrected chi connectivity index (χ4v) is 2.15. The molecule has 1 N–H and O–H groups in total. The van der Waals surface area contributed by atoms with Gasteiger partial charge in [-0.05, 0) is 32.7 Å². The van der Waals surface area contributed by atoms with E-state index in [1.807, 2.05) is 6.92 Å². The van der Waals surface area contributed by atoms with Crippen LogP contribution in [0.2, 0.25) is 0 Å². The lowest BCUT2D eigenvalue weighted by Gasteiger charge is -2.14. The molecular formula is C15H29N3O2. The van der Waals surface area contributed by atoms with Crippen LogP contribution in [0.25, 0.3) is 0 Å². The number of hydrogen-bond donors (Lipinski definition) is 1. The molecule has 0 fully saturated rings. The van der Waals surface area contributed by atoms with Gasteiger partial charge in [-0.2, -0.15) is 4.98 Å². The third kappa shape index (κ3) is 5.59. The summed E-state index contributed by atoms with van der Waals surface area (Å²) in [5.41, 5.74) is 0. The minimum absolute atomic E-state index is 0.0359. The van der Waals surface area contributed by atoms with Crippen LogP contribution in [-0.4, -0.2) is 29.3 Å². The zero-order valence-corrected chi connectivity index (χ0v) is 13.3. The first kappa shape index (κ1) is 17.1. The minimum atomic E-state index is -0.0359. The Morgan fingerprint density at radius 1 is 1.20 bits per heavy atom. The second kappa shape index (κ2) is 9.88. The summed E-state index contributed by atoms with van der Waals surface area (Å²) in [7, 11) is 0. The van der Waals surface area contributed by atoms with E-state index in [0.717, 1.165) is 38.6 Å². The Hall–Kier alpha value is -0.940. The zero-order valence-electron chi connectivity index (χ0n) is 13.3. The molecule has 0 saturated heterocycles. The lowest BCUT2D eigenvalue weighted by atomic mass is 10.1. The molecule has 0 spiro atoms. The van der Waals surface area contributed by atoms with Crippen molar-refractivity contribution in [2.24, 2.45) is 0 Å². The molecule has 5 heteroatoms. The highest BCUT2D eigenvalue weighted by molar-refractivity contribution is 4.93. The van der Waals surface area contributed by atoms with Gasteiger partial charge >= 0.3 is 0 Å². The largest absolute Gasteiger partial charge is 0.370 e. The third-order valence-corrected chi connectivity index (χ3v) is 3.29. The third-order valence-electron chi connectivity index (χ3n) is 3.29. The van der Waals surface area contributed by atoms with E-state index in [-0.39, 0.29) is 6.10 Å². The predicted octanol–water partition coefficient (Wildman–Crippen LogP) is 3.27. The topological polar surface area (TPSA) is 60.2 Å². The summed E-state index contributed by atoms with van der Waals surface area (Å²) in [6.45, 7) is 10.2. The molecule has 0 radical (unpaired) electrons. The first-order valence-electron chi connectivity index (χ1n) is 7.92. The fraction of sp³-hybridized carbons (Fsp3) is 0.867. The normalized spacial score (nSPS) is 14.4. The van der Waals surface area contributed by atoms with Gasteiger partial charge in [0.2, 0.25) is 11.7 Å². The van der Waals surface area contributed by atoms with E-state index in [1.165, 1.54) is 0 Å². The second-order valence-electron chi connectivity index (χ2n) is 5.04. The van der Waals surface area contributed by atoms with E-state index in [4.69, 9.17) is 9.26 Å².